The zero-order chi connectivity index (χ0) is 12.8. The fraction of sp³-hybridized carbons (Fsp3) is 0.556. The van der Waals surface area contributed by atoms with Crippen LogP contribution in [-0.4, -0.2) is 12.2 Å². The third-order valence-corrected chi connectivity index (χ3v) is 5.60. The van der Waals surface area contributed by atoms with Crippen LogP contribution in [0.15, 0.2) is 36.4 Å². The van der Waals surface area contributed by atoms with Crippen LogP contribution in [0.1, 0.15) is 44.1 Å². The van der Waals surface area contributed by atoms with Crippen LogP contribution in [0.3, 0.4) is 0 Å². The van der Waals surface area contributed by atoms with Gasteiger partial charge in [0.05, 0.1) is 12.2 Å². The molecule has 2 aliphatic carbocycles. The Morgan fingerprint density at radius 1 is 1.05 bits per heavy atom. The Labute approximate surface area is 115 Å². The van der Waals surface area contributed by atoms with Gasteiger partial charge < -0.3 is 4.74 Å². The molecule has 1 aliphatic heterocycles. The van der Waals surface area contributed by atoms with Crippen LogP contribution in [0.25, 0.3) is 6.08 Å². The van der Waals surface area contributed by atoms with Crippen LogP contribution in [-0.2, 0) is 4.74 Å². The Hall–Kier alpha value is -1.08. The van der Waals surface area contributed by atoms with Crippen LogP contribution >= 0.6 is 0 Å². The first kappa shape index (κ1) is 11.7. The van der Waals surface area contributed by atoms with E-state index >= 15 is 0 Å². The minimum absolute atomic E-state index is 0.196. The van der Waals surface area contributed by atoms with Gasteiger partial charge in [-0.1, -0.05) is 61.7 Å². The Bertz CT molecular complexity index is 484. The lowest BCUT2D eigenvalue weighted by Crippen LogP contribution is -2.40. The highest BCUT2D eigenvalue weighted by Crippen LogP contribution is 2.70. The molecule has 3 aliphatic rings. The Balaban J connectivity index is 1.61. The van der Waals surface area contributed by atoms with E-state index in [0.717, 1.165) is 12.5 Å². The predicted octanol–water partition coefficient (Wildman–Crippen LogP) is 4.44. The lowest BCUT2D eigenvalue weighted by molar-refractivity contribution is -0.0678. The fourth-order valence-corrected chi connectivity index (χ4v) is 4.41. The second-order valence-corrected chi connectivity index (χ2v) is 6.55. The van der Waals surface area contributed by atoms with Gasteiger partial charge in [-0.25, -0.2) is 0 Å². The summed E-state index contributed by atoms with van der Waals surface area (Å²) in [6.45, 7) is 0.999. The zero-order valence-electron chi connectivity index (χ0n) is 11.5. The maximum absolute atomic E-state index is 6.28. The van der Waals surface area contributed by atoms with Crippen molar-refractivity contribution in [2.24, 2.45) is 11.3 Å². The first-order chi connectivity index (χ1) is 9.35. The summed E-state index contributed by atoms with van der Waals surface area (Å²) < 4.78 is 6.28. The second-order valence-electron chi connectivity index (χ2n) is 6.55. The molecule has 2 saturated carbocycles. The largest absolute Gasteiger partial charge is 0.374 e. The molecule has 1 unspecified atom stereocenters. The number of ether oxygens (including phenoxy) is 1. The molecule has 0 N–H and O–H groups in total. The average Bonchev–Trinajstić information content (AvgIpc) is 3.14. The van der Waals surface area contributed by atoms with E-state index in [9.17, 15) is 0 Å². The van der Waals surface area contributed by atoms with Crippen molar-refractivity contribution in [1.82, 2.24) is 0 Å². The predicted molar refractivity (Wildman–Crippen MR) is 77.8 cm³/mol. The molecule has 1 spiro atoms. The maximum Gasteiger partial charge on any atom is 0.0776 e. The summed E-state index contributed by atoms with van der Waals surface area (Å²) in [5.74, 6) is 0.797. The average molecular weight is 254 g/mol. The molecule has 0 aromatic heterocycles. The molecule has 1 nitrogen and oxygen atoms in total. The molecule has 2 atom stereocenters. The van der Waals surface area contributed by atoms with E-state index < -0.39 is 0 Å². The zero-order valence-corrected chi connectivity index (χ0v) is 11.5. The topological polar surface area (TPSA) is 9.23 Å². The van der Waals surface area contributed by atoms with E-state index in [0.29, 0.717) is 5.41 Å². The minimum atomic E-state index is 0.196. The quantitative estimate of drug-likeness (QED) is 0.758. The SMILES string of the molecule is C(=C\[C@]12CC1COC21CCCCC1)/c1ccccc1. The smallest absolute Gasteiger partial charge is 0.0776 e. The molecule has 19 heavy (non-hydrogen) atoms. The van der Waals surface area contributed by atoms with Crippen molar-refractivity contribution in [3.8, 4) is 0 Å². The molecule has 1 heterocycles. The second kappa shape index (κ2) is 4.21. The molecule has 0 radical (unpaired) electrons. The Morgan fingerprint density at radius 2 is 1.84 bits per heavy atom. The minimum Gasteiger partial charge on any atom is -0.374 e. The van der Waals surface area contributed by atoms with Gasteiger partial charge in [-0.3, -0.25) is 0 Å². The van der Waals surface area contributed by atoms with Gasteiger partial charge in [0.25, 0.3) is 0 Å². The van der Waals surface area contributed by atoms with E-state index in [4.69, 9.17) is 4.74 Å². The van der Waals surface area contributed by atoms with E-state index in [1.54, 1.807) is 0 Å². The third-order valence-electron chi connectivity index (χ3n) is 5.60. The normalized spacial score (nSPS) is 35.7. The van der Waals surface area contributed by atoms with Crippen molar-refractivity contribution >= 4 is 6.08 Å². The standard InChI is InChI=1S/C18H22O/c1-3-7-15(8-4-1)9-12-17-13-16(17)14-19-18(17)10-5-2-6-11-18/h1,3-4,7-9,12,16H,2,5-6,10-11,13-14H2/b12-9+/t16?,17-/m0/s1. The lowest BCUT2D eigenvalue weighted by Gasteiger charge is -2.39. The molecular formula is C18H22O. The van der Waals surface area contributed by atoms with Gasteiger partial charge in [0.2, 0.25) is 0 Å². The third kappa shape index (κ3) is 1.71. The van der Waals surface area contributed by atoms with E-state index in [1.807, 2.05) is 0 Å². The highest BCUT2D eigenvalue weighted by atomic mass is 16.5. The van der Waals surface area contributed by atoms with Crippen molar-refractivity contribution in [3.05, 3.63) is 42.0 Å². The molecule has 1 aromatic carbocycles. The van der Waals surface area contributed by atoms with Crippen LogP contribution in [0.2, 0.25) is 0 Å². The number of hydrogen-bond acceptors (Lipinski definition) is 1. The maximum atomic E-state index is 6.28. The van der Waals surface area contributed by atoms with Gasteiger partial charge in [0, 0.05) is 5.41 Å². The molecule has 100 valence electrons. The van der Waals surface area contributed by atoms with Crippen molar-refractivity contribution in [1.29, 1.82) is 0 Å². The molecule has 1 aromatic rings. The monoisotopic (exact) mass is 254 g/mol. The molecule has 3 fully saturated rings. The lowest BCUT2D eigenvalue weighted by atomic mass is 9.73. The van der Waals surface area contributed by atoms with Crippen LogP contribution in [0.5, 0.6) is 0 Å². The van der Waals surface area contributed by atoms with Gasteiger partial charge >= 0.3 is 0 Å². The molecule has 4 rings (SSSR count). The van der Waals surface area contributed by atoms with Crippen molar-refractivity contribution in [2.75, 3.05) is 6.61 Å². The van der Waals surface area contributed by atoms with E-state index in [2.05, 4.69) is 42.5 Å². The summed E-state index contributed by atoms with van der Waals surface area (Å²) in [7, 11) is 0. The van der Waals surface area contributed by atoms with Crippen LogP contribution in [0.4, 0.5) is 0 Å². The summed E-state index contributed by atoms with van der Waals surface area (Å²) in [5.41, 5.74) is 1.89. The van der Waals surface area contributed by atoms with Crippen LogP contribution < -0.4 is 0 Å². The number of fused-ring (bicyclic) bond motifs is 2. The van der Waals surface area contributed by atoms with Crippen molar-refractivity contribution < 1.29 is 4.74 Å². The molecule has 1 saturated heterocycles. The first-order valence-electron chi connectivity index (χ1n) is 7.73. The van der Waals surface area contributed by atoms with Gasteiger partial charge in [-0.05, 0) is 30.7 Å². The van der Waals surface area contributed by atoms with Gasteiger partial charge in [-0.2, -0.15) is 0 Å². The molecule has 0 amide bonds. The Morgan fingerprint density at radius 3 is 2.58 bits per heavy atom. The molecule has 1 heteroatoms. The Kier molecular flexibility index (Phi) is 2.60. The summed E-state index contributed by atoms with van der Waals surface area (Å²) in [6.07, 6.45) is 12.8. The van der Waals surface area contributed by atoms with Gasteiger partial charge in [0.15, 0.2) is 0 Å². The summed E-state index contributed by atoms with van der Waals surface area (Å²) in [6, 6.07) is 10.7. The van der Waals surface area contributed by atoms with Gasteiger partial charge in [0.1, 0.15) is 0 Å². The number of hydrogen-bond donors (Lipinski definition) is 0. The summed E-state index contributed by atoms with van der Waals surface area (Å²) in [5, 5.41) is 0. The highest BCUT2D eigenvalue weighted by Gasteiger charge is 2.69. The molecule has 0 bridgehead atoms. The first-order valence-corrected chi connectivity index (χ1v) is 7.73. The van der Waals surface area contributed by atoms with Crippen molar-refractivity contribution in [3.63, 3.8) is 0 Å². The fourth-order valence-electron chi connectivity index (χ4n) is 4.41. The van der Waals surface area contributed by atoms with Crippen LogP contribution in [0, 0.1) is 11.3 Å². The van der Waals surface area contributed by atoms with Gasteiger partial charge in [-0.15, -0.1) is 0 Å². The number of rotatable bonds is 2. The van der Waals surface area contributed by atoms with E-state index in [-0.39, 0.29) is 5.60 Å². The van der Waals surface area contributed by atoms with E-state index in [1.165, 1.54) is 44.1 Å². The molecular weight excluding hydrogens is 232 g/mol. The highest BCUT2D eigenvalue weighted by molar-refractivity contribution is 5.52. The number of benzene rings is 1. The summed E-state index contributed by atoms with van der Waals surface area (Å²) in [4.78, 5) is 0. The van der Waals surface area contributed by atoms with Crippen molar-refractivity contribution in [2.45, 2.75) is 44.1 Å². The summed E-state index contributed by atoms with van der Waals surface area (Å²) >= 11 is 0.